The third-order valence-corrected chi connectivity index (χ3v) is 8.96. The van der Waals surface area contributed by atoms with Crippen LogP contribution in [0, 0.1) is 17.3 Å². The minimum absolute atomic E-state index is 0.0345. The smallest absolute Gasteiger partial charge is 0.221 e. The molecule has 0 radical (unpaired) electrons. The highest BCUT2D eigenvalue weighted by molar-refractivity contribution is 6.02. The van der Waals surface area contributed by atoms with E-state index in [9.17, 15) is 14.4 Å². The normalized spacial score (nSPS) is 34.8. The second-order valence-corrected chi connectivity index (χ2v) is 10.8. The fraction of sp³-hybridized carbons (Fsp3) is 0.429. The summed E-state index contributed by atoms with van der Waals surface area (Å²) in [5, 5.41) is 2.10. The lowest BCUT2D eigenvalue weighted by Gasteiger charge is -2.53. The number of ketones is 2. The maximum Gasteiger partial charge on any atom is 0.221 e. The summed E-state index contributed by atoms with van der Waals surface area (Å²) in [7, 11) is 0. The van der Waals surface area contributed by atoms with Crippen molar-refractivity contribution < 1.29 is 19.1 Å². The number of rotatable bonds is 2. The van der Waals surface area contributed by atoms with Crippen LogP contribution in [-0.4, -0.2) is 28.1 Å². The van der Waals surface area contributed by atoms with Gasteiger partial charge in [0, 0.05) is 48.9 Å². The van der Waals surface area contributed by atoms with Crippen LogP contribution in [0.4, 0.5) is 0 Å². The summed E-state index contributed by atoms with van der Waals surface area (Å²) in [5.74, 6) is -0.571. The summed E-state index contributed by atoms with van der Waals surface area (Å²) >= 11 is 0. The first kappa shape index (κ1) is 21.3. The number of ether oxygens (including phenoxy) is 1. The molecule has 0 spiro atoms. The van der Waals surface area contributed by atoms with Crippen LogP contribution in [0.5, 0.6) is 0 Å². The molecule has 2 saturated carbocycles. The van der Waals surface area contributed by atoms with E-state index in [-0.39, 0.29) is 35.2 Å². The molecule has 1 aliphatic heterocycles. The van der Waals surface area contributed by atoms with Crippen LogP contribution in [0.25, 0.3) is 10.8 Å². The third kappa shape index (κ3) is 2.80. The van der Waals surface area contributed by atoms with Gasteiger partial charge in [-0.25, -0.2) is 0 Å². The Hall–Kier alpha value is -3.28. The summed E-state index contributed by atoms with van der Waals surface area (Å²) in [5.41, 5.74) is 7.27. The first-order chi connectivity index (χ1) is 16.2. The number of primary amides is 1. The second-order valence-electron chi connectivity index (χ2n) is 10.8. The van der Waals surface area contributed by atoms with Crippen molar-refractivity contribution in [3.8, 4) is 0 Å². The van der Waals surface area contributed by atoms with Gasteiger partial charge in [0.2, 0.25) is 5.91 Å². The number of aromatic nitrogens is 1. The van der Waals surface area contributed by atoms with Crippen molar-refractivity contribution >= 4 is 28.2 Å². The molecular weight excluding hydrogens is 428 g/mol. The molecule has 5 atom stereocenters. The number of hydrogen-bond donors (Lipinski definition) is 1. The Labute approximate surface area is 198 Å². The van der Waals surface area contributed by atoms with Crippen molar-refractivity contribution in [2.24, 2.45) is 23.0 Å². The highest BCUT2D eigenvalue weighted by atomic mass is 16.5. The van der Waals surface area contributed by atoms with Crippen molar-refractivity contribution in [3.05, 3.63) is 65.2 Å². The molecule has 0 saturated heterocycles. The van der Waals surface area contributed by atoms with Crippen molar-refractivity contribution in [3.63, 3.8) is 0 Å². The van der Waals surface area contributed by atoms with Crippen LogP contribution in [0.2, 0.25) is 0 Å². The summed E-state index contributed by atoms with van der Waals surface area (Å²) in [6, 6.07) is 8.11. The Morgan fingerprint density at radius 2 is 1.97 bits per heavy atom. The minimum Gasteiger partial charge on any atom is -0.486 e. The highest BCUT2D eigenvalue weighted by Crippen LogP contribution is 2.64. The quantitative estimate of drug-likeness (QED) is 0.732. The van der Waals surface area contributed by atoms with Crippen molar-refractivity contribution in [1.29, 1.82) is 0 Å². The fourth-order valence-corrected chi connectivity index (χ4v) is 7.20. The molecule has 1 aromatic carbocycles. The maximum absolute atomic E-state index is 13.7. The first-order valence-electron chi connectivity index (χ1n) is 12.0. The van der Waals surface area contributed by atoms with Crippen molar-refractivity contribution in [2.45, 2.75) is 57.5 Å². The number of pyridine rings is 1. The standard InChI is InChI=1S/C28H28N2O4/c1-27-8-6-17-12-20-21(31)10-16(26(29)33)11-23(20)34-28(17,2)24(27)13-22(32)25(27)19-5-3-4-15-14-30-9-7-18(15)19/h3-5,7,9,12,14,16,24-25H,6,8,10-11,13H2,1-2H3,(H2,29,33)/t16?,24-,25+,27+,28-/m1/s1. The monoisotopic (exact) mass is 456 g/mol. The van der Waals surface area contributed by atoms with Gasteiger partial charge in [-0.15, -0.1) is 0 Å². The molecule has 2 heterocycles. The van der Waals surface area contributed by atoms with Gasteiger partial charge in [0.15, 0.2) is 5.78 Å². The highest BCUT2D eigenvalue weighted by Gasteiger charge is 2.63. The zero-order chi connectivity index (χ0) is 23.8. The van der Waals surface area contributed by atoms with Gasteiger partial charge in [-0.05, 0) is 53.8 Å². The van der Waals surface area contributed by atoms with Gasteiger partial charge in [0.05, 0.1) is 11.5 Å². The average molecular weight is 457 g/mol. The van der Waals surface area contributed by atoms with E-state index in [1.165, 1.54) is 0 Å². The summed E-state index contributed by atoms with van der Waals surface area (Å²) in [4.78, 5) is 42.5. The first-order valence-corrected chi connectivity index (χ1v) is 12.0. The Bertz CT molecular complexity index is 1340. The molecule has 3 aliphatic carbocycles. The molecule has 1 aromatic heterocycles. The van der Waals surface area contributed by atoms with E-state index in [1.807, 2.05) is 30.5 Å². The molecule has 1 amide bonds. The number of allylic oxidation sites excluding steroid dienone is 3. The van der Waals surface area contributed by atoms with Gasteiger partial charge in [-0.1, -0.05) is 25.1 Å². The Morgan fingerprint density at radius 1 is 1.15 bits per heavy atom. The molecule has 4 aliphatic rings. The van der Waals surface area contributed by atoms with Gasteiger partial charge >= 0.3 is 0 Å². The van der Waals surface area contributed by atoms with Crippen LogP contribution >= 0.6 is 0 Å². The largest absolute Gasteiger partial charge is 0.486 e. The molecule has 1 unspecified atom stereocenters. The lowest BCUT2D eigenvalue weighted by molar-refractivity contribution is -0.129. The maximum atomic E-state index is 13.7. The van der Waals surface area contributed by atoms with Crippen molar-refractivity contribution in [2.75, 3.05) is 0 Å². The van der Waals surface area contributed by atoms with Crippen LogP contribution in [0.3, 0.4) is 0 Å². The molecule has 34 heavy (non-hydrogen) atoms. The summed E-state index contributed by atoms with van der Waals surface area (Å²) in [6.45, 7) is 4.28. The van der Waals surface area contributed by atoms with Crippen LogP contribution < -0.4 is 5.73 Å². The predicted molar refractivity (Wildman–Crippen MR) is 126 cm³/mol. The van der Waals surface area contributed by atoms with Crippen molar-refractivity contribution in [1.82, 2.24) is 4.98 Å². The van der Waals surface area contributed by atoms with E-state index < -0.39 is 17.4 Å². The lowest BCUT2D eigenvalue weighted by Crippen LogP contribution is -2.52. The zero-order valence-electron chi connectivity index (χ0n) is 19.5. The molecule has 2 N–H and O–H groups in total. The Morgan fingerprint density at radius 3 is 2.76 bits per heavy atom. The number of amides is 1. The Kier molecular flexibility index (Phi) is 4.45. The number of carbonyl (C=O) groups is 3. The van der Waals surface area contributed by atoms with E-state index in [0.717, 1.165) is 34.8 Å². The molecule has 6 nitrogen and oxygen atoms in total. The number of nitrogens with zero attached hydrogens (tertiary/aromatic N) is 1. The average Bonchev–Trinajstić information content (AvgIpc) is 3.08. The van der Waals surface area contributed by atoms with E-state index in [2.05, 4.69) is 24.9 Å². The fourth-order valence-electron chi connectivity index (χ4n) is 7.20. The Balaban J connectivity index is 1.42. The van der Waals surface area contributed by atoms with Gasteiger partial charge in [0.25, 0.3) is 0 Å². The van der Waals surface area contributed by atoms with Gasteiger partial charge < -0.3 is 10.5 Å². The van der Waals surface area contributed by atoms with E-state index in [4.69, 9.17) is 10.5 Å². The van der Waals surface area contributed by atoms with E-state index >= 15 is 0 Å². The van der Waals surface area contributed by atoms with E-state index in [0.29, 0.717) is 24.2 Å². The molecule has 2 aromatic rings. The van der Waals surface area contributed by atoms with Gasteiger partial charge in [-0.3, -0.25) is 19.4 Å². The third-order valence-electron chi connectivity index (χ3n) is 8.96. The number of fused-ring (bicyclic) bond motifs is 4. The number of hydrogen-bond acceptors (Lipinski definition) is 5. The molecular formula is C28H28N2O4. The summed E-state index contributed by atoms with van der Waals surface area (Å²) in [6.07, 6.45) is 8.12. The number of Topliss-reactive ketones (excluding diaryl/α,β-unsaturated/α-hetero) is 2. The van der Waals surface area contributed by atoms with Gasteiger partial charge in [0.1, 0.15) is 17.1 Å². The molecule has 0 bridgehead atoms. The molecule has 174 valence electrons. The lowest BCUT2D eigenvalue weighted by atomic mass is 9.56. The topological polar surface area (TPSA) is 99.4 Å². The molecule has 6 heteroatoms. The second kappa shape index (κ2) is 7.11. The minimum atomic E-state index is -0.692. The van der Waals surface area contributed by atoms with Gasteiger partial charge in [-0.2, -0.15) is 0 Å². The zero-order valence-corrected chi connectivity index (χ0v) is 19.5. The number of benzene rings is 1. The van der Waals surface area contributed by atoms with Crippen LogP contribution in [0.15, 0.2) is 59.6 Å². The van der Waals surface area contributed by atoms with Crippen LogP contribution in [0.1, 0.15) is 57.4 Å². The molecule has 6 rings (SSSR count). The number of nitrogens with two attached hydrogens (primary N) is 1. The van der Waals surface area contributed by atoms with E-state index in [1.54, 1.807) is 6.20 Å². The predicted octanol–water partition coefficient (Wildman–Crippen LogP) is 4.14. The van der Waals surface area contributed by atoms with Crippen LogP contribution in [-0.2, 0) is 19.1 Å². The summed E-state index contributed by atoms with van der Waals surface area (Å²) < 4.78 is 6.65. The molecule has 2 fully saturated rings. The SMILES string of the molecule is C[C@]12CCC3=CC4=C(CC(C(N)=O)CC4=O)O[C@@]3(C)[C@@H]1CC(=O)[C@@H]2c1cccc2cnccc12. The number of carbonyl (C=O) groups excluding carboxylic acids is 3.